The van der Waals surface area contributed by atoms with Crippen LogP contribution in [-0.4, -0.2) is 48.7 Å². The molecule has 0 amide bonds. The number of fused-ring (bicyclic) bond motifs is 4. The van der Waals surface area contributed by atoms with Crippen LogP contribution >= 0.6 is 0 Å². The molecular weight excluding hydrogens is 311 g/mol. The lowest BCUT2D eigenvalue weighted by molar-refractivity contribution is -0.871. The second kappa shape index (κ2) is 6.15. The maximum Gasteiger partial charge on any atom is 0.127 e. The number of hydrogen-bond donors (Lipinski definition) is 1. The second-order valence-electron chi connectivity index (χ2n) is 7.49. The first-order chi connectivity index (χ1) is 12.1. The molecule has 5 rings (SSSR count). The van der Waals surface area contributed by atoms with Crippen molar-refractivity contribution in [3.05, 3.63) is 48.7 Å². The smallest absolute Gasteiger partial charge is 0.127 e. The summed E-state index contributed by atoms with van der Waals surface area (Å²) in [5, 5.41) is 12.2. The van der Waals surface area contributed by atoms with E-state index >= 15 is 0 Å². The van der Waals surface area contributed by atoms with Crippen LogP contribution in [0.3, 0.4) is 0 Å². The molecule has 3 aliphatic rings. The molecule has 5 atom stereocenters. The van der Waals surface area contributed by atoms with Crippen molar-refractivity contribution in [1.29, 1.82) is 0 Å². The van der Waals surface area contributed by atoms with Crippen molar-refractivity contribution in [2.24, 2.45) is 11.8 Å². The van der Waals surface area contributed by atoms with Crippen molar-refractivity contribution in [3.8, 4) is 5.75 Å². The van der Waals surface area contributed by atoms with Crippen LogP contribution in [0.1, 0.15) is 24.5 Å². The third kappa shape index (κ3) is 2.66. The summed E-state index contributed by atoms with van der Waals surface area (Å²) in [5.74, 6) is 1.79. The molecule has 3 radical (unpaired) electrons. The first kappa shape index (κ1) is 16.6. The number of quaternary nitrogens is 1. The molecule has 5 heteroatoms. The quantitative estimate of drug-likeness (QED) is 0.690. The predicted octanol–water partition coefficient (Wildman–Crippen LogP) is 2.77. The zero-order valence-corrected chi connectivity index (χ0v) is 14.6. The molecule has 3 fully saturated rings. The molecule has 1 aromatic heterocycles. The van der Waals surface area contributed by atoms with Gasteiger partial charge in [0.1, 0.15) is 11.9 Å². The minimum atomic E-state index is -0.615. The predicted molar refractivity (Wildman–Crippen MR) is 99.2 cm³/mol. The summed E-state index contributed by atoms with van der Waals surface area (Å²) in [4.78, 5) is 4.42. The lowest BCUT2D eigenvalue weighted by Gasteiger charge is -2.66. The van der Waals surface area contributed by atoms with E-state index in [1.54, 1.807) is 13.3 Å². The van der Waals surface area contributed by atoms with E-state index in [-0.39, 0.29) is 6.04 Å². The standard InChI is InChI=1S/C20H24BN2O2/c1-3-13-12-23(21)9-7-14(13)10-19(23)20(24)16-6-8-22-18-5-4-15(25-2)11-17(16)18/h3-6,8,11,13-14,19-20,24H,1,7,9-10,12H2,2H3/t13-,14-,19+,20-,23+/m0/s1. The molecule has 1 aromatic carbocycles. The molecule has 4 heterocycles. The van der Waals surface area contributed by atoms with Gasteiger partial charge in [0.25, 0.3) is 0 Å². The van der Waals surface area contributed by atoms with Crippen molar-refractivity contribution in [2.45, 2.75) is 25.0 Å². The average Bonchev–Trinajstić information content (AvgIpc) is 2.66. The Morgan fingerprint density at radius 1 is 1.44 bits per heavy atom. The number of hydrogen-bond acceptors (Lipinski definition) is 3. The maximum atomic E-state index is 11.3. The minimum absolute atomic E-state index is 0.00625. The highest BCUT2D eigenvalue weighted by atomic mass is 16.5. The molecule has 2 bridgehead atoms. The van der Waals surface area contributed by atoms with Gasteiger partial charge >= 0.3 is 0 Å². The fourth-order valence-corrected chi connectivity index (χ4v) is 4.78. The van der Waals surface area contributed by atoms with E-state index in [0.717, 1.165) is 48.1 Å². The summed E-state index contributed by atoms with van der Waals surface area (Å²) in [6, 6.07) is 7.69. The van der Waals surface area contributed by atoms with E-state index in [1.807, 2.05) is 30.3 Å². The lowest BCUT2D eigenvalue weighted by atomic mass is 9.69. The topological polar surface area (TPSA) is 42.4 Å². The largest absolute Gasteiger partial charge is 0.583 e. The highest BCUT2D eigenvalue weighted by Crippen LogP contribution is 2.45. The van der Waals surface area contributed by atoms with Crippen molar-refractivity contribution >= 4 is 18.9 Å². The highest BCUT2D eigenvalue weighted by Gasteiger charge is 2.45. The van der Waals surface area contributed by atoms with Gasteiger partial charge in [-0.3, -0.25) is 4.98 Å². The number of aliphatic hydroxyl groups excluding tert-OH is 1. The Morgan fingerprint density at radius 3 is 3.00 bits per heavy atom. The monoisotopic (exact) mass is 335 g/mol. The Balaban J connectivity index is 1.73. The highest BCUT2D eigenvalue weighted by molar-refractivity contribution is 5.97. The number of ether oxygens (including phenoxy) is 1. The molecule has 2 aromatic rings. The van der Waals surface area contributed by atoms with Crippen molar-refractivity contribution in [3.63, 3.8) is 0 Å². The van der Waals surface area contributed by atoms with E-state index < -0.39 is 6.10 Å². The number of nitrogens with zero attached hydrogens (tertiary/aromatic N) is 2. The molecule has 129 valence electrons. The van der Waals surface area contributed by atoms with Crippen molar-refractivity contribution < 1.29 is 14.2 Å². The first-order valence-electron chi connectivity index (χ1n) is 8.94. The zero-order valence-electron chi connectivity index (χ0n) is 14.6. The minimum Gasteiger partial charge on any atom is -0.583 e. The van der Waals surface area contributed by atoms with E-state index in [4.69, 9.17) is 12.7 Å². The number of piperidine rings is 3. The van der Waals surface area contributed by atoms with Crippen LogP contribution in [0.2, 0.25) is 0 Å². The summed E-state index contributed by atoms with van der Waals surface area (Å²) >= 11 is 0. The first-order valence-corrected chi connectivity index (χ1v) is 8.94. The molecule has 4 nitrogen and oxygen atoms in total. The Labute approximate surface area is 150 Å². The number of pyridine rings is 1. The summed E-state index contributed by atoms with van der Waals surface area (Å²) in [6.45, 7) is 5.76. The van der Waals surface area contributed by atoms with Crippen molar-refractivity contribution in [1.82, 2.24) is 4.98 Å². The maximum absolute atomic E-state index is 11.3. The van der Waals surface area contributed by atoms with Gasteiger partial charge in [-0.25, -0.2) is 7.98 Å². The molecule has 0 aliphatic carbocycles. The van der Waals surface area contributed by atoms with Crippen LogP contribution in [0, 0.1) is 11.8 Å². The van der Waals surface area contributed by atoms with Crippen LogP contribution in [-0.2, 0) is 0 Å². The number of aliphatic hydroxyl groups is 1. The molecule has 3 saturated heterocycles. The van der Waals surface area contributed by atoms with Gasteiger partial charge in [0.15, 0.2) is 0 Å². The fourth-order valence-electron chi connectivity index (χ4n) is 4.78. The Kier molecular flexibility index (Phi) is 4.09. The summed E-state index contributed by atoms with van der Waals surface area (Å²) in [6.07, 6.45) is 5.23. The Hall–Kier alpha value is -1.85. The number of rotatable bonds is 4. The summed E-state index contributed by atoms with van der Waals surface area (Å²) < 4.78 is 5.78. The molecular formula is C20H24BN2O2. The molecule has 3 aliphatic heterocycles. The zero-order chi connectivity index (χ0) is 17.6. The van der Waals surface area contributed by atoms with Crippen LogP contribution < -0.4 is 4.74 Å². The summed E-state index contributed by atoms with van der Waals surface area (Å²) in [7, 11) is 8.38. The third-order valence-corrected chi connectivity index (χ3v) is 6.25. The molecule has 1 N–H and O–H groups in total. The van der Waals surface area contributed by atoms with E-state index in [1.165, 1.54) is 0 Å². The number of aromatic nitrogens is 1. The third-order valence-electron chi connectivity index (χ3n) is 6.25. The van der Waals surface area contributed by atoms with Gasteiger partial charge in [0.05, 0.1) is 18.7 Å². The van der Waals surface area contributed by atoms with Gasteiger partial charge in [-0.05, 0) is 42.2 Å². The van der Waals surface area contributed by atoms with E-state index in [0.29, 0.717) is 16.2 Å². The molecule has 0 saturated carbocycles. The van der Waals surface area contributed by atoms with Crippen LogP contribution in [0.15, 0.2) is 43.1 Å². The van der Waals surface area contributed by atoms with E-state index in [9.17, 15) is 5.11 Å². The number of benzene rings is 1. The second-order valence-corrected chi connectivity index (χ2v) is 7.49. The Morgan fingerprint density at radius 2 is 2.28 bits per heavy atom. The van der Waals surface area contributed by atoms with Crippen LogP contribution in [0.25, 0.3) is 10.9 Å². The van der Waals surface area contributed by atoms with Gasteiger partial charge in [-0.1, -0.05) is 6.08 Å². The van der Waals surface area contributed by atoms with Gasteiger partial charge in [-0.2, -0.15) is 0 Å². The van der Waals surface area contributed by atoms with Crippen LogP contribution in [0.5, 0.6) is 5.75 Å². The lowest BCUT2D eigenvalue weighted by Crippen LogP contribution is -2.66. The van der Waals surface area contributed by atoms with Crippen molar-refractivity contribution in [2.75, 3.05) is 20.2 Å². The molecule has 0 spiro atoms. The fraction of sp³-hybridized carbons (Fsp3) is 0.450. The van der Waals surface area contributed by atoms with Gasteiger partial charge in [0, 0.05) is 37.0 Å². The Bertz CT molecular complexity index is 811. The normalized spacial score (nSPS) is 32.5. The van der Waals surface area contributed by atoms with Gasteiger partial charge < -0.3 is 14.2 Å². The summed E-state index contributed by atoms with van der Waals surface area (Å²) in [5.41, 5.74) is 1.75. The van der Waals surface area contributed by atoms with Crippen LogP contribution in [0.4, 0.5) is 0 Å². The van der Waals surface area contributed by atoms with Gasteiger partial charge in [-0.15, -0.1) is 6.58 Å². The van der Waals surface area contributed by atoms with Gasteiger partial charge in [0.2, 0.25) is 0 Å². The SMILES string of the molecule is [B-][N@@+]12CC[C@@H](C[C@@H]1[C@@H](O)c1ccnc3ccc(OC)cc13)[C@@H](C=C)C2. The number of methoxy groups -OCH3 is 1. The average molecular weight is 335 g/mol. The van der Waals surface area contributed by atoms with E-state index in [2.05, 4.69) is 11.6 Å². The molecule has 25 heavy (non-hydrogen) atoms. The molecule has 0 unspecified atom stereocenters.